The molecule has 0 radical (unpaired) electrons. The number of hydrogen-bond acceptors (Lipinski definition) is 4. The van der Waals surface area contributed by atoms with E-state index in [1.807, 2.05) is 24.3 Å². The van der Waals surface area contributed by atoms with Gasteiger partial charge in [-0.05, 0) is 42.8 Å². The zero-order chi connectivity index (χ0) is 15.1. The fraction of sp³-hybridized carbons (Fsp3) is 0.412. The molecule has 21 heavy (non-hydrogen) atoms. The van der Waals surface area contributed by atoms with E-state index in [0.717, 1.165) is 35.8 Å². The van der Waals surface area contributed by atoms with Crippen molar-refractivity contribution >= 4 is 0 Å². The molecule has 1 N–H and O–H groups in total. The number of nitrogens with one attached hydrogen (secondary N) is 1. The molecule has 1 atom stereocenters. The van der Waals surface area contributed by atoms with E-state index in [2.05, 4.69) is 24.4 Å². The van der Waals surface area contributed by atoms with Crippen LogP contribution in [0.15, 0.2) is 40.8 Å². The van der Waals surface area contributed by atoms with Gasteiger partial charge in [-0.15, -0.1) is 0 Å². The van der Waals surface area contributed by atoms with Crippen molar-refractivity contribution in [3.05, 3.63) is 53.5 Å². The van der Waals surface area contributed by atoms with Crippen molar-refractivity contribution < 1.29 is 13.9 Å². The molecule has 0 saturated heterocycles. The van der Waals surface area contributed by atoms with Gasteiger partial charge in [-0.2, -0.15) is 0 Å². The summed E-state index contributed by atoms with van der Waals surface area (Å²) in [6.07, 6.45) is 1.07. The molecule has 0 aliphatic heterocycles. The lowest BCUT2D eigenvalue weighted by Crippen LogP contribution is -2.22. The lowest BCUT2D eigenvalue weighted by Gasteiger charge is -2.17. The minimum absolute atomic E-state index is 0.0430. The van der Waals surface area contributed by atoms with Crippen molar-refractivity contribution in [2.75, 3.05) is 20.8 Å². The topological polar surface area (TPSA) is 43.6 Å². The lowest BCUT2D eigenvalue weighted by atomic mass is 10.0. The van der Waals surface area contributed by atoms with Crippen LogP contribution in [0.1, 0.15) is 36.5 Å². The van der Waals surface area contributed by atoms with Gasteiger partial charge in [0.15, 0.2) is 0 Å². The average molecular weight is 289 g/mol. The first-order chi connectivity index (χ1) is 10.3. The molecular formula is C17H23NO3. The van der Waals surface area contributed by atoms with Crippen molar-refractivity contribution in [1.82, 2.24) is 5.32 Å². The Morgan fingerprint density at radius 3 is 2.48 bits per heavy atom. The quantitative estimate of drug-likeness (QED) is 0.807. The molecule has 0 amide bonds. The van der Waals surface area contributed by atoms with Crippen LogP contribution in [0.2, 0.25) is 0 Å². The number of ether oxygens (including phenoxy) is 2. The third-order valence-electron chi connectivity index (χ3n) is 3.30. The van der Waals surface area contributed by atoms with Gasteiger partial charge in [0.2, 0.25) is 0 Å². The van der Waals surface area contributed by atoms with Gasteiger partial charge in [0.05, 0.1) is 13.2 Å². The first-order valence-corrected chi connectivity index (χ1v) is 7.23. The van der Waals surface area contributed by atoms with Gasteiger partial charge in [-0.25, -0.2) is 0 Å². The predicted molar refractivity (Wildman–Crippen MR) is 82.6 cm³/mol. The van der Waals surface area contributed by atoms with E-state index in [-0.39, 0.29) is 6.04 Å². The maximum atomic E-state index is 5.88. The van der Waals surface area contributed by atoms with Crippen LogP contribution in [0.4, 0.5) is 0 Å². The molecule has 0 aliphatic rings. The maximum Gasteiger partial charge on any atom is 0.129 e. The van der Waals surface area contributed by atoms with Crippen LogP contribution in [0.5, 0.6) is 5.75 Å². The number of benzene rings is 1. The van der Waals surface area contributed by atoms with Gasteiger partial charge in [0.25, 0.3) is 0 Å². The highest BCUT2D eigenvalue weighted by Crippen LogP contribution is 2.26. The molecule has 1 unspecified atom stereocenters. The van der Waals surface area contributed by atoms with Crippen LogP contribution in [-0.4, -0.2) is 20.8 Å². The highest BCUT2D eigenvalue weighted by atomic mass is 16.5. The Morgan fingerprint density at radius 2 is 1.86 bits per heavy atom. The normalized spacial score (nSPS) is 12.3. The highest BCUT2D eigenvalue weighted by Gasteiger charge is 2.17. The van der Waals surface area contributed by atoms with Crippen LogP contribution in [0, 0.1) is 0 Å². The van der Waals surface area contributed by atoms with Crippen LogP contribution in [0.3, 0.4) is 0 Å². The minimum atomic E-state index is 0.0430. The molecule has 2 rings (SSSR count). The summed E-state index contributed by atoms with van der Waals surface area (Å²) in [6.45, 7) is 3.57. The molecule has 1 aromatic heterocycles. The molecule has 1 aromatic carbocycles. The monoisotopic (exact) mass is 289 g/mol. The van der Waals surface area contributed by atoms with E-state index < -0.39 is 0 Å². The minimum Gasteiger partial charge on any atom is -0.497 e. The largest absolute Gasteiger partial charge is 0.497 e. The predicted octanol–water partition coefficient (Wildman–Crippen LogP) is 3.52. The fourth-order valence-corrected chi connectivity index (χ4v) is 2.24. The molecule has 0 fully saturated rings. The van der Waals surface area contributed by atoms with Gasteiger partial charge >= 0.3 is 0 Å². The van der Waals surface area contributed by atoms with Crippen molar-refractivity contribution in [2.24, 2.45) is 0 Å². The molecule has 4 nitrogen and oxygen atoms in total. The fourth-order valence-electron chi connectivity index (χ4n) is 2.24. The van der Waals surface area contributed by atoms with E-state index in [4.69, 9.17) is 13.9 Å². The van der Waals surface area contributed by atoms with Gasteiger partial charge in [-0.3, -0.25) is 0 Å². The van der Waals surface area contributed by atoms with E-state index in [0.29, 0.717) is 6.61 Å². The van der Waals surface area contributed by atoms with Gasteiger partial charge in [0.1, 0.15) is 23.9 Å². The van der Waals surface area contributed by atoms with E-state index in [1.54, 1.807) is 14.2 Å². The van der Waals surface area contributed by atoms with Gasteiger partial charge in [0, 0.05) is 7.11 Å². The van der Waals surface area contributed by atoms with Crippen molar-refractivity contribution in [2.45, 2.75) is 26.0 Å². The Kier molecular flexibility index (Phi) is 5.84. The third kappa shape index (κ3) is 4.09. The summed E-state index contributed by atoms with van der Waals surface area (Å²) in [7, 11) is 3.34. The summed E-state index contributed by atoms with van der Waals surface area (Å²) in [5.41, 5.74) is 1.16. The summed E-state index contributed by atoms with van der Waals surface area (Å²) in [5, 5.41) is 3.52. The van der Waals surface area contributed by atoms with E-state index in [1.165, 1.54) is 0 Å². The Morgan fingerprint density at radius 1 is 1.10 bits per heavy atom. The second kappa shape index (κ2) is 7.86. The number of hydrogen-bond donors (Lipinski definition) is 1. The van der Waals surface area contributed by atoms with Crippen molar-refractivity contribution in [3.63, 3.8) is 0 Å². The van der Waals surface area contributed by atoms with E-state index in [9.17, 15) is 0 Å². The smallest absolute Gasteiger partial charge is 0.129 e. The Balaban J connectivity index is 2.22. The Labute approximate surface area is 126 Å². The molecular weight excluding hydrogens is 266 g/mol. The molecule has 4 heteroatoms. The van der Waals surface area contributed by atoms with Crippen LogP contribution >= 0.6 is 0 Å². The second-order valence-electron chi connectivity index (χ2n) is 4.90. The van der Waals surface area contributed by atoms with Crippen LogP contribution in [-0.2, 0) is 11.3 Å². The first-order valence-electron chi connectivity index (χ1n) is 7.23. The van der Waals surface area contributed by atoms with Crippen molar-refractivity contribution in [3.8, 4) is 5.75 Å². The Hall–Kier alpha value is -1.78. The standard InChI is InChI=1S/C17H23NO3/c1-4-11-18-17(13-5-7-14(20-3)8-6-13)16-10-9-15(21-16)12-19-2/h5-10,17-18H,4,11-12H2,1-3H3. The zero-order valence-electron chi connectivity index (χ0n) is 12.9. The van der Waals surface area contributed by atoms with Gasteiger partial charge in [-0.1, -0.05) is 19.1 Å². The summed E-state index contributed by atoms with van der Waals surface area (Å²) in [4.78, 5) is 0. The molecule has 0 bridgehead atoms. The summed E-state index contributed by atoms with van der Waals surface area (Å²) < 4.78 is 16.2. The average Bonchev–Trinajstić information content (AvgIpc) is 2.97. The zero-order valence-corrected chi connectivity index (χ0v) is 12.9. The number of rotatable bonds is 8. The highest BCUT2D eigenvalue weighted by molar-refractivity contribution is 5.33. The number of furan rings is 1. The molecule has 0 saturated carbocycles. The van der Waals surface area contributed by atoms with Crippen LogP contribution < -0.4 is 10.1 Å². The second-order valence-corrected chi connectivity index (χ2v) is 4.90. The van der Waals surface area contributed by atoms with Crippen molar-refractivity contribution in [1.29, 1.82) is 0 Å². The molecule has 0 spiro atoms. The molecule has 1 heterocycles. The van der Waals surface area contributed by atoms with Crippen LogP contribution in [0.25, 0.3) is 0 Å². The first kappa shape index (κ1) is 15.6. The molecule has 2 aromatic rings. The van der Waals surface area contributed by atoms with Gasteiger partial charge < -0.3 is 19.2 Å². The molecule has 0 aliphatic carbocycles. The summed E-state index contributed by atoms with van der Waals surface area (Å²) in [6, 6.07) is 12.1. The van der Waals surface area contributed by atoms with E-state index >= 15 is 0 Å². The summed E-state index contributed by atoms with van der Waals surface area (Å²) in [5.74, 6) is 2.59. The summed E-state index contributed by atoms with van der Waals surface area (Å²) >= 11 is 0. The lowest BCUT2D eigenvalue weighted by molar-refractivity contribution is 0.162. The third-order valence-corrected chi connectivity index (χ3v) is 3.30. The molecule has 114 valence electrons. The Bertz CT molecular complexity index is 533. The maximum absolute atomic E-state index is 5.88. The number of methoxy groups -OCH3 is 2. The SMILES string of the molecule is CCCNC(c1ccc(OC)cc1)c1ccc(COC)o1.